The third kappa shape index (κ3) is 3.93. The van der Waals surface area contributed by atoms with Crippen LogP contribution in [0.4, 0.5) is 13.2 Å². The molecular weight excluding hydrogens is 275 g/mol. The molecule has 112 valence electrons. The molecule has 2 N–H and O–H groups in total. The maximum absolute atomic E-state index is 12.1. The molecule has 1 aliphatic rings. The number of halogens is 3. The van der Waals surface area contributed by atoms with Crippen molar-refractivity contribution in [3.63, 3.8) is 0 Å². The van der Waals surface area contributed by atoms with Crippen molar-refractivity contribution in [1.82, 2.24) is 0 Å². The summed E-state index contributed by atoms with van der Waals surface area (Å²) in [6, 6.07) is 3.40. The topological polar surface area (TPSA) is 53.7 Å². The van der Waals surface area contributed by atoms with Gasteiger partial charge in [0.1, 0.15) is 5.75 Å². The van der Waals surface area contributed by atoms with Gasteiger partial charge in [0.2, 0.25) is 6.79 Å². The van der Waals surface area contributed by atoms with E-state index in [9.17, 15) is 13.2 Å². The average molecular weight is 291 g/mol. The molecule has 0 atom stereocenters. The molecule has 7 heteroatoms. The Bertz CT molecular complexity index is 463. The maximum Gasteiger partial charge on any atom is 0.389 e. The van der Waals surface area contributed by atoms with E-state index in [0.717, 1.165) is 5.56 Å². The van der Waals surface area contributed by atoms with Crippen LogP contribution in [0, 0.1) is 0 Å². The lowest BCUT2D eigenvalue weighted by molar-refractivity contribution is -0.136. The van der Waals surface area contributed by atoms with E-state index in [-0.39, 0.29) is 19.8 Å². The van der Waals surface area contributed by atoms with Gasteiger partial charge < -0.3 is 19.9 Å². The highest BCUT2D eigenvalue weighted by atomic mass is 19.4. The van der Waals surface area contributed by atoms with Gasteiger partial charge in [0, 0.05) is 12.5 Å². The number of fused-ring (bicyclic) bond motifs is 1. The zero-order valence-corrected chi connectivity index (χ0v) is 10.8. The molecule has 1 aromatic carbocycles. The Balaban J connectivity index is 1.99. The summed E-state index contributed by atoms with van der Waals surface area (Å²) in [6.07, 6.45) is -4.53. The first-order valence-electron chi connectivity index (χ1n) is 6.32. The maximum atomic E-state index is 12.1. The molecule has 0 fully saturated rings. The summed E-state index contributed by atoms with van der Waals surface area (Å²) in [5.74, 6) is 1.65. The molecule has 0 radical (unpaired) electrons. The van der Waals surface area contributed by atoms with Crippen LogP contribution in [0.15, 0.2) is 12.1 Å². The van der Waals surface area contributed by atoms with Crippen molar-refractivity contribution in [1.29, 1.82) is 0 Å². The molecule has 1 aliphatic heterocycles. The summed E-state index contributed by atoms with van der Waals surface area (Å²) in [4.78, 5) is 0. The van der Waals surface area contributed by atoms with Gasteiger partial charge in [-0.2, -0.15) is 13.2 Å². The molecule has 20 heavy (non-hydrogen) atoms. The number of ether oxygens (including phenoxy) is 3. The highest BCUT2D eigenvalue weighted by Gasteiger charge is 2.26. The molecule has 0 saturated carbocycles. The van der Waals surface area contributed by atoms with Crippen molar-refractivity contribution in [2.75, 3.05) is 19.9 Å². The van der Waals surface area contributed by atoms with Crippen LogP contribution in [0.3, 0.4) is 0 Å². The van der Waals surface area contributed by atoms with Crippen molar-refractivity contribution in [2.45, 2.75) is 25.4 Å². The number of alkyl halides is 3. The Morgan fingerprint density at radius 2 is 1.90 bits per heavy atom. The van der Waals surface area contributed by atoms with E-state index in [1.54, 1.807) is 12.1 Å². The molecule has 0 amide bonds. The van der Waals surface area contributed by atoms with Crippen LogP contribution in [0.2, 0.25) is 0 Å². The van der Waals surface area contributed by atoms with E-state index in [1.165, 1.54) is 0 Å². The monoisotopic (exact) mass is 291 g/mol. The summed E-state index contributed by atoms with van der Waals surface area (Å²) in [6.45, 7) is 0.546. The van der Waals surface area contributed by atoms with Gasteiger partial charge in [-0.25, -0.2) is 0 Å². The first-order chi connectivity index (χ1) is 9.49. The van der Waals surface area contributed by atoms with Gasteiger partial charge in [0.15, 0.2) is 11.5 Å². The van der Waals surface area contributed by atoms with Crippen molar-refractivity contribution in [2.24, 2.45) is 5.73 Å². The second kappa shape index (κ2) is 6.21. The molecule has 1 heterocycles. The van der Waals surface area contributed by atoms with Gasteiger partial charge >= 0.3 is 6.18 Å². The van der Waals surface area contributed by atoms with Crippen molar-refractivity contribution >= 4 is 0 Å². The van der Waals surface area contributed by atoms with E-state index in [0.29, 0.717) is 30.2 Å². The average Bonchev–Trinajstić information content (AvgIpc) is 2.81. The number of nitrogens with two attached hydrogens (primary N) is 1. The minimum absolute atomic E-state index is 0.00325. The van der Waals surface area contributed by atoms with Gasteiger partial charge in [-0.1, -0.05) is 0 Å². The molecule has 0 spiro atoms. The Morgan fingerprint density at radius 1 is 1.20 bits per heavy atom. The second-order valence-electron chi connectivity index (χ2n) is 4.42. The van der Waals surface area contributed by atoms with Crippen molar-refractivity contribution in [3.05, 3.63) is 17.7 Å². The zero-order valence-electron chi connectivity index (χ0n) is 10.8. The Hall–Kier alpha value is -1.63. The SMILES string of the molecule is NCCc1cc2c(cc1OCCCC(F)(F)F)OCO2. The molecule has 0 aliphatic carbocycles. The third-order valence-corrected chi connectivity index (χ3v) is 2.83. The van der Waals surface area contributed by atoms with Gasteiger partial charge in [-0.05, 0) is 31.0 Å². The third-order valence-electron chi connectivity index (χ3n) is 2.83. The van der Waals surface area contributed by atoms with Crippen LogP contribution in [-0.4, -0.2) is 26.1 Å². The fourth-order valence-corrected chi connectivity index (χ4v) is 1.91. The number of hydrogen-bond donors (Lipinski definition) is 1. The molecule has 0 aromatic heterocycles. The van der Waals surface area contributed by atoms with E-state index in [1.807, 2.05) is 0 Å². The summed E-state index contributed by atoms with van der Waals surface area (Å²) in [7, 11) is 0. The summed E-state index contributed by atoms with van der Waals surface area (Å²) >= 11 is 0. The van der Waals surface area contributed by atoms with E-state index in [4.69, 9.17) is 19.9 Å². The molecule has 0 unspecified atom stereocenters. The zero-order chi connectivity index (χ0) is 14.6. The van der Waals surface area contributed by atoms with Crippen LogP contribution >= 0.6 is 0 Å². The predicted octanol–water partition coefficient (Wildman–Crippen LogP) is 2.64. The standard InChI is InChI=1S/C13H16F3NO3/c14-13(15,16)3-1-5-18-10-7-12-11(19-8-20-12)6-9(10)2-4-17/h6-7H,1-5,8,17H2. The van der Waals surface area contributed by atoms with E-state index >= 15 is 0 Å². The number of rotatable bonds is 6. The molecule has 4 nitrogen and oxygen atoms in total. The van der Waals surface area contributed by atoms with Gasteiger partial charge in [0.05, 0.1) is 6.61 Å². The first-order valence-corrected chi connectivity index (χ1v) is 6.32. The summed E-state index contributed by atoms with van der Waals surface area (Å²) in [5, 5.41) is 0. The predicted molar refractivity (Wildman–Crippen MR) is 66.1 cm³/mol. The Kier molecular flexibility index (Phi) is 4.59. The van der Waals surface area contributed by atoms with Gasteiger partial charge in [-0.3, -0.25) is 0 Å². The Morgan fingerprint density at radius 3 is 2.55 bits per heavy atom. The normalized spacial score (nSPS) is 13.6. The fraction of sp³-hybridized carbons (Fsp3) is 0.538. The van der Waals surface area contributed by atoms with Crippen LogP contribution in [0.25, 0.3) is 0 Å². The second-order valence-corrected chi connectivity index (χ2v) is 4.42. The lowest BCUT2D eigenvalue weighted by Gasteiger charge is -2.13. The molecule has 1 aromatic rings. The molecule has 0 saturated heterocycles. The summed E-state index contributed by atoms with van der Waals surface area (Å²) in [5.41, 5.74) is 6.32. The lowest BCUT2D eigenvalue weighted by atomic mass is 10.1. The minimum atomic E-state index is -4.15. The van der Waals surface area contributed by atoms with E-state index in [2.05, 4.69) is 0 Å². The van der Waals surface area contributed by atoms with Crippen LogP contribution in [0.1, 0.15) is 18.4 Å². The molecular formula is C13H16F3NO3. The van der Waals surface area contributed by atoms with E-state index < -0.39 is 12.6 Å². The molecule has 0 bridgehead atoms. The fourth-order valence-electron chi connectivity index (χ4n) is 1.91. The van der Waals surface area contributed by atoms with Crippen molar-refractivity contribution < 1.29 is 27.4 Å². The van der Waals surface area contributed by atoms with Crippen LogP contribution in [-0.2, 0) is 6.42 Å². The Labute approximate surface area is 114 Å². The highest BCUT2D eigenvalue weighted by Crippen LogP contribution is 2.38. The van der Waals surface area contributed by atoms with Crippen molar-refractivity contribution in [3.8, 4) is 17.2 Å². The number of benzene rings is 1. The van der Waals surface area contributed by atoms with Crippen LogP contribution < -0.4 is 19.9 Å². The highest BCUT2D eigenvalue weighted by molar-refractivity contribution is 5.52. The quantitative estimate of drug-likeness (QED) is 0.819. The van der Waals surface area contributed by atoms with Crippen LogP contribution in [0.5, 0.6) is 17.2 Å². The van der Waals surface area contributed by atoms with Gasteiger partial charge in [-0.15, -0.1) is 0 Å². The lowest BCUT2D eigenvalue weighted by Crippen LogP contribution is -2.11. The number of hydrogen-bond acceptors (Lipinski definition) is 4. The largest absolute Gasteiger partial charge is 0.493 e. The summed E-state index contributed by atoms with van der Waals surface area (Å²) < 4.78 is 52.0. The first kappa shape index (κ1) is 14.8. The smallest absolute Gasteiger partial charge is 0.389 e. The van der Waals surface area contributed by atoms with Gasteiger partial charge in [0.25, 0.3) is 0 Å². The molecule has 2 rings (SSSR count). The minimum Gasteiger partial charge on any atom is -0.493 e.